The maximum Gasteiger partial charge on any atom is 0.513 e. The van der Waals surface area contributed by atoms with E-state index < -0.39 is 42.3 Å². The molecule has 0 saturated heterocycles. The molecule has 0 fully saturated rings. The van der Waals surface area contributed by atoms with Crippen molar-refractivity contribution in [3.8, 4) is 11.5 Å². The average Bonchev–Trinajstić information content (AvgIpc) is 2.92. The number of rotatable bonds is 15. The van der Waals surface area contributed by atoms with E-state index in [-0.39, 0.29) is 37.1 Å². The van der Waals surface area contributed by atoms with Crippen molar-refractivity contribution >= 4 is 24.2 Å². The molecule has 0 aliphatic carbocycles. The summed E-state index contributed by atoms with van der Waals surface area (Å²) in [6, 6.07) is 11.2. The van der Waals surface area contributed by atoms with E-state index in [1.807, 2.05) is 27.7 Å². The lowest BCUT2D eigenvalue weighted by atomic mass is 9.87. The predicted molar refractivity (Wildman–Crippen MR) is 154 cm³/mol. The van der Waals surface area contributed by atoms with Gasteiger partial charge in [-0.25, -0.2) is 14.4 Å². The minimum absolute atomic E-state index is 0.0295. The number of esters is 1. The molecule has 0 radical (unpaired) electrons. The number of carbonyl (C=O) groups excluding carboxylic acids is 3. The first-order chi connectivity index (χ1) is 19.9. The lowest BCUT2D eigenvalue weighted by molar-refractivity contribution is -0.139. The van der Waals surface area contributed by atoms with Gasteiger partial charge in [0.05, 0.1) is 18.8 Å². The minimum Gasteiger partial charge on any atom is -0.480 e. The van der Waals surface area contributed by atoms with Gasteiger partial charge in [-0.2, -0.15) is 0 Å². The lowest BCUT2D eigenvalue weighted by Gasteiger charge is -2.25. The largest absolute Gasteiger partial charge is 0.513 e. The molecule has 3 N–H and O–H groups in total. The Labute approximate surface area is 246 Å². The molecular formula is C31H41NO10. The number of carbonyl (C=O) groups is 4. The molecule has 0 amide bonds. The summed E-state index contributed by atoms with van der Waals surface area (Å²) >= 11 is 0. The Morgan fingerprint density at radius 2 is 1.33 bits per heavy atom. The van der Waals surface area contributed by atoms with Crippen molar-refractivity contribution in [2.45, 2.75) is 71.9 Å². The summed E-state index contributed by atoms with van der Waals surface area (Å²) in [5, 5.41) is 9.71. The molecule has 230 valence electrons. The second-order valence-corrected chi connectivity index (χ2v) is 10.8. The Morgan fingerprint density at radius 3 is 1.86 bits per heavy atom. The third kappa shape index (κ3) is 11.8. The third-order valence-electron chi connectivity index (χ3n) is 6.23. The molecule has 0 saturated carbocycles. The summed E-state index contributed by atoms with van der Waals surface area (Å²) in [7, 11) is 0. The summed E-state index contributed by atoms with van der Waals surface area (Å²) in [5.74, 6) is -2.48. The highest BCUT2D eigenvalue weighted by molar-refractivity contribution is 5.89. The topological polar surface area (TPSA) is 161 Å². The number of ether oxygens (including phenoxy) is 5. The van der Waals surface area contributed by atoms with Gasteiger partial charge >= 0.3 is 24.2 Å². The van der Waals surface area contributed by atoms with Crippen LogP contribution in [-0.2, 0) is 19.0 Å². The van der Waals surface area contributed by atoms with Crippen LogP contribution in [0.25, 0.3) is 0 Å². The maximum atomic E-state index is 12.5. The predicted octanol–water partition coefficient (Wildman–Crippen LogP) is 5.94. The van der Waals surface area contributed by atoms with Crippen LogP contribution in [0.2, 0.25) is 0 Å². The van der Waals surface area contributed by atoms with Crippen LogP contribution in [0.5, 0.6) is 11.5 Å². The SMILES string of the molecule is CC(C)CCOC(=O)Oc1ccc(C(CC(C)OC(=O)c2ccccc2)[C@H](N)C(=O)O)cc1OC(=O)OCCC(C)C. The molecule has 11 heteroatoms. The van der Waals surface area contributed by atoms with E-state index in [1.54, 1.807) is 37.3 Å². The zero-order valence-electron chi connectivity index (χ0n) is 24.7. The van der Waals surface area contributed by atoms with Crippen LogP contribution in [0.4, 0.5) is 9.59 Å². The van der Waals surface area contributed by atoms with Crippen molar-refractivity contribution in [1.82, 2.24) is 0 Å². The number of aliphatic carboxylic acids is 1. The summed E-state index contributed by atoms with van der Waals surface area (Å²) in [6.07, 6.45) is -1.50. The van der Waals surface area contributed by atoms with E-state index in [0.717, 1.165) is 0 Å². The van der Waals surface area contributed by atoms with Gasteiger partial charge in [-0.05, 0) is 67.9 Å². The molecule has 0 heterocycles. The van der Waals surface area contributed by atoms with E-state index in [0.29, 0.717) is 29.9 Å². The first-order valence-electron chi connectivity index (χ1n) is 13.9. The van der Waals surface area contributed by atoms with Gasteiger partial charge in [0.15, 0.2) is 11.5 Å². The van der Waals surface area contributed by atoms with Crippen LogP contribution >= 0.6 is 0 Å². The van der Waals surface area contributed by atoms with Crippen molar-refractivity contribution < 1.29 is 48.0 Å². The zero-order chi connectivity index (χ0) is 31.2. The van der Waals surface area contributed by atoms with Gasteiger partial charge in [0, 0.05) is 5.92 Å². The maximum absolute atomic E-state index is 12.5. The van der Waals surface area contributed by atoms with Crippen LogP contribution in [-0.4, -0.2) is 54.7 Å². The summed E-state index contributed by atoms with van der Waals surface area (Å²) in [4.78, 5) is 49.2. The van der Waals surface area contributed by atoms with Crippen molar-refractivity contribution in [3.05, 3.63) is 59.7 Å². The van der Waals surface area contributed by atoms with Crippen LogP contribution in [0.15, 0.2) is 48.5 Å². The van der Waals surface area contributed by atoms with Gasteiger partial charge in [-0.1, -0.05) is 52.0 Å². The smallest absolute Gasteiger partial charge is 0.480 e. The Hall–Kier alpha value is -4.12. The van der Waals surface area contributed by atoms with Gasteiger partial charge in [0.1, 0.15) is 12.1 Å². The zero-order valence-corrected chi connectivity index (χ0v) is 24.7. The van der Waals surface area contributed by atoms with Crippen molar-refractivity contribution in [1.29, 1.82) is 0 Å². The van der Waals surface area contributed by atoms with E-state index in [2.05, 4.69) is 0 Å². The fourth-order valence-electron chi connectivity index (χ4n) is 3.81. The van der Waals surface area contributed by atoms with Gasteiger partial charge in [0.2, 0.25) is 0 Å². The number of carboxylic acid groups (broad SMARTS) is 1. The first-order valence-corrected chi connectivity index (χ1v) is 13.9. The van der Waals surface area contributed by atoms with E-state index in [4.69, 9.17) is 29.4 Å². The fraction of sp³-hybridized carbons (Fsp3) is 0.484. The summed E-state index contributed by atoms with van der Waals surface area (Å²) in [6.45, 7) is 9.77. The summed E-state index contributed by atoms with van der Waals surface area (Å²) in [5.41, 5.74) is 6.74. The molecule has 11 nitrogen and oxygen atoms in total. The molecule has 42 heavy (non-hydrogen) atoms. The van der Waals surface area contributed by atoms with Crippen LogP contribution < -0.4 is 15.2 Å². The van der Waals surface area contributed by atoms with Gasteiger partial charge in [0.25, 0.3) is 0 Å². The van der Waals surface area contributed by atoms with E-state index in [1.165, 1.54) is 18.2 Å². The molecule has 0 aromatic heterocycles. The Kier molecular flexibility index (Phi) is 13.8. The second kappa shape index (κ2) is 17.0. The molecule has 2 aromatic carbocycles. The van der Waals surface area contributed by atoms with Gasteiger partial charge in [-0.3, -0.25) is 4.79 Å². The number of nitrogens with two attached hydrogens (primary N) is 1. The number of benzene rings is 2. The highest BCUT2D eigenvalue weighted by atomic mass is 16.7. The first kappa shape index (κ1) is 34.1. The van der Waals surface area contributed by atoms with Crippen LogP contribution in [0.3, 0.4) is 0 Å². The fourth-order valence-corrected chi connectivity index (χ4v) is 3.81. The minimum atomic E-state index is -1.40. The molecule has 0 spiro atoms. The monoisotopic (exact) mass is 587 g/mol. The van der Waals surface area contributed by atoms with Crippen molar-refractivity contribution in [2.24, 2.45) is 17.6 Å². The molecule has 2 unspecified atom stereocenters. The van der Waals surface area contributed by atoms with Gasteiger partial charge in [-0.15, -0.1) is 0 Å². The second-order valence-electron chi connectivity index (χ2n) is 10.8. The number of hydrogen-bond acceptors (Lipinski definition) is 10. The lowest BCUT2D eigenvalue weighted by Crippen LogP contribution is -2.38. The molecule has 2 aromatic rings. The summed E-state index contributed by atoms with van der Waals surface area (Å²) < 4.78 is 26.4. The highest BCUT2D eigenvalue weighted by Crippen LogP contribution is 2.35. The number of hydrogen-bond donors (Lipinski definition) is 2. The third-order valence-corrected chi connectivity index (χ3v) is 6.23. The Bertz CT molecular complexity index is 1180. The van der Waals surface area contributed by atoms with E-state index >= 15 is 0 Å². The molecule has 0 aliphatic heterocycles. The standard InChI is InChI=1S/C31H41NO10/c1-19(2)13-15-38-30(36)41-25-12-11-23(18-26(25)42-31(37)39-16-14-20(3)4)24(27(32)28(33)34)17-21(5)40-29(35)22-9-7-6-8-10-22/h6-12,18-21,24,27H,13-17,32H2,1-5H3,(H,33,34)/t21?,24?,27-/m0/s1. The molecular weight excluding hydrogens is 546 g/mol. The molecule has 2 rings (SSSR count). The van der Waals surface area contributed by atoms with Crippen molar-refractivity contribution in [3.63, 3.8) is 0 Å². The van der Waals surface area contributed by atoms with E-state index in [9.17, 15) is 24.3 Å². The van der Waals surface area contributed by atoms with Crippen LogP contribution in [0, 0.1) is 11.8 Å². The Morgan fingerprint density at radius 1 is 0.786 bits per heavy atom. The Balaban J connectivity index is 2.31. The number of carboxylic acids is 1. The quantitative estimate of drug-likeness (QED) is 0.144. The molecule has 3 atom stereocenters. The van der Waals surface area contributed by atoms with Crippen LogP contribution in [0.1, 0.15) is 75.7 Å². The average molecular weight is 588 g/mol. The van der Waals surface area contributed by atoms with Gasteiger partial charge < -0.3 is 34.5 Å². The highest BCUT2D eigenvalue weighted by Gasteiger charge is 2.30. The van der Waals surface area contributed by atoms with Crippen molar-refractivity contribution in [2.75, 3.05) is 13.2 Å². The molecule has 0 aliphatic rings. The molecule has 0 bridgehead atoms. The normalized spacial score (nSPS) is 13.1.